The number of para-hydroxylation sites is 1. The average Bonchev–Trinajstić information content (AvgIpc) is 3.28. The molecule has 1 spiro atoms. The van der Waals surface area contributed by atoms with Gasteiger partial charge in [0.2, 0.25) is 17.7 Å². The number of rotatable bonds is 2. The molecule has 3 aliphatic rings. The van der Waals surface area contributed by atoms with Crippen LogP contribution in [0.2, 0.25) is 5.02 Å². The van der Waals surface area contributed by atoms with E-state index >= 15 is 0 Å². The number of hydrogen-bond donors (Lipinski definition) is 2. The molecule has 3 heterocycles. The van der Waals surface area contributed by atoms with Crippen molar-refractivity contribution >= 4 is 40.7 Å². The van der Waals surface area contributed by atoms with Crippen LogP contribution < -0.4 is 15.5 Å². The van der Waals surface area contributed by atoms with Crippen molar-refractivity contribution in [2.45, 2.75) is 25.4 Å². The summed E-state index contributed by atoms with van der Waals surface area (Å²) in [5.41, 5.74) is 0.633. The summed E-state index contributed by atoms with van der Waals surface area (Å²) in [6.45, 7) is 3.99. The summed E-state index contributed by atoms with van der Waals surface area (Å²) in [6.07, 6.45) is 0. The Bertz CT molecular complexity index is 1050. The molecule has 4 atom stereocenters. The first kappa shape index (κ1) is 18.3. The molecule has 0 bridgehead atoms. The minimum atomic E-state index is -1.25. The summed E-state index contributed by atoms with van der Waals surface area (Å²) in [5, 5.41) is 6.84. The van der Waals surface area contributed by atoms with E-state index in [-0.39, 0.29) is 29.7 Å². The molecule has 3 aliphatic heterocycles. The zero-order valence-electron chi connectivity index (χ0n) is 16.0. The van der Waals surface area contributed by atoms with Gasteiger partial charge in [-0.3, -0.25) is 19.7 Å². The van der Waals surface area contributed by atoms with Gasteiger partial charge in [0.05, 0.1) is 17.5 Å². The van der Waals surface area contributed by atoms with Crippen molar-refractivity contribution in [2.24, 2.45) is 17.8 Å². The predicted octanol–water partition coefficient (Wildman–Crippen LogP) is 2.92. The normalized spacial score (nSPS) is 30.3. The zero-order chi connectivity index (χ0) is 20.5. The van der Waals surface area contributed by atoms with Crippen molar-refractivity contribution in [3.05, 3.63) is 59.1 Å². The SMILES string of the molecule is CC(C)[C@@H]1N[C@@]2(C(=O)Nc3ccccc32)[C@@H]2C(=O)N(c3ccc(Cl)cc3)C(=O)[C@@H]21. The van der Waals surface area contributed by atoms with Crippen LogP contribution in [0, 0.1) is 17.8 Å². The highest BCUT2D eigenvalue weighted by atomic mass is 35.5. The summed E-state index contributed by atoms with van der Waals surface area (Å²) < 4.78 is 0. The minimum Gasteiger partial charge on any atom is -0.324 e. The number of nitrogens with one attached hydrogen (secondary N) is 2. The molecule has 5 rings (SSSR count). The highest BCUT2D eigenvalue weighted by Crippen LogP contribution is 2.54. The van der Waals surface area contributed by atoms with Crippen LogP contribution in [0.5, 0.6) is 0 Å². The maximum atomic E-state index is 13.6. The van der Waals surface area contributed by atoms with Crippen LogP contribution in [0.25, 0.3) is 0 Å². The first-order valence-electron chi connectivity index (χ1n) is 9.68. The molecular formula is C22H20ClN3O3. The van der Waals surface area contributed by atoms with Crippen LogP contribution in [0.15, 0.2) is 48.5 Å². The van der Waals surface area contributed by atoms with Gasteiger partial charge < -0.3 is 5.32 Å². The van der Waals surface area contributed by atoms with Gasteiger partial charge in [-0.1, -0.05) is 43.6 Å². The van der Waals surface area contributed by atoms with Gasteiger partial charge in [-0.05, 0) is 36.2 Å². The fraction of sp³-hybridized carbons (Fsp3) is 0.318. The Kier molecular flexibility index (Phi) is 3.89. The molecule has 0 aliphatic carbocycles. The Hall–Kier alpha value is -2.70. The number of carbonyl (C=O) groups excluding carboxylic acids is 3. The molecule has 2 saturated heterocycles. The fourth-order valence-electron chi connectivity index (χ4n) is 5.11. The van der Waals surface area contributed by atoms with E-state index in [0.717, 1.165) is 5.56 Å². The zero-order valence-corrected chi connectivity index (χ0v) is 16.7. The number of fused-ring (bicyclic) bond motifs is 4. The van der Waals surface area contributed by atoms with E-state index in [2.05, 4.69) is 10.6 Å². The molecule has 2 fully saturated rings. The maximum Gasteiger partial charge on any atom is 0.250 e. The molecule has 6 nitrogen and oxygen atoms in total. The second-order valence-electron chi connectivity index (χ2n) is 8.21. The summed E-state index contributed by atoms with van der Waals surface area (Å²) in [7, 11) is 0. The number of hydrogen-bond acceptors (Lipinski definition) is 4. The van der Waals surface area contributed by atoms with Gasteiger partial charge in [0.1, 0.15) is 5.54 Å². The number of imide groups is 1. The number of anilines is 2. The second kappa shape index (κ2) is 6.15. The maximum absolute atomic E-state index is 13.6. The fourth-order valence-corrected chi connectivity index (χ4v) is 5.23. The van der Waals surface area contributed by atoms with Gasteiger partial charge in [0.15, 0.2) is 0 Å². The molecule has 148 valence electrons. The van der Waals surface area contributed by atoms with E-state index in [1.54, 1.807) is 24.3 Å². The van der Waals surface area contributed by atoms with Gasteiger partial charge in [0, 0.05) is 22.3 Å². The minimum absolute atomic E-state index is 0.0596. The van der Waals surface area contributed by atoms with E-state index < -0.39 is 17.4 Å². The molecule has 2 aromatic rings. The van der Waals surface area contributed by atoms with Crippen LogP contribution in [-0.2, 0) is 19.9 Å². The smallest absolute Gasteiger partial charge is 0.250 e. The van der Waals surface area contributed by atoms with Gasteiger partial charge in [-0.15, -0.1) is 0 Å². The lowest BCUT2D eigenvalue weighted by Crippen LogP contribution is -2.54. The van der Waals surface area contributed by atoms with Crippen molar-refractivity contribution in [1.29, 1.82) is 0 Å². The van der Waals surface area contributed by atoms with Crippen molar-refractivity contribution < 1.29 is 14.4 Å². The molecule has 29 heavy (non-hydrogen) atoms. The standard InChI is InChI=1S/C22H20ClN3O3/c1-11(2)18-16-17(20(28)26(19(16)27)13-9-7-12(23)8-10-13)22(25-18)14-5-3-4-6-15(14)24-21(22)29/h3-11,16-18,25H,1-2H3,(H,24,29)/t16-,17-,18-,22+/m0/s1. The molecule has 2 aromatic carbocycles. The van der Waals surface area contributed by atoms with Gasteiger partial charge in [-0.2, -0.15) is 0 Å². The number of benzene rings is 2. The molecular weight excluding hydrogens is 390 g/mol. The van der Waals surface area contributed by atoms with E-state index in [9.17, 15) is 14.4 Å². The molecule has 2 N–H and O–H groups in total. The van der Waals surface area contributed by atoms with Gasteiger partial charge in [-0.25, -0.2) is 4.90 Å². The Balaban J connectivity index is 1.68. The van der Waals surface area contributed by atoms with Crippen molar-refractivity contribution in [3.8, 4) is 0 Å². The van der Waals surface area contributed by atoms with E-state index in [4.69, 9.17) is 11.6 Å². The summed E-state index contributed by atoms with van der Waals surface area (Å²) in [6, 6.07) is 13.7. The quantitative estimate of drug-likeness (QED) is 0.747. The van der Waals surface area contributed by atoms with E-state index in [1.807, 2.05) is 38.1 Å². The van der Waals surface area contributed by atoms with Gasteiger partial charge in [0.25, 0.3) is 0 Å². The van der Waals surface area contributed by atoms with Crippen LogP contribution in [-0.4, -0.2) is 23.8 Å². The lowest BCUT2D eigenvalue weighted by Gasteiger charge is -2.30. The Labute approximate surface area is 173 Å². The topological polar surface area (TPSA) is 78.5 Å². The molecule has 0 saturated carbocycles. The molecule has 3 amide bonds. The molecule has 0 aromatic heterocycles. The first-order chi connectivity index (χ1) is 13.9. The number of nitrogens with zero attached hydrogens (tertiary/aromatic N) is 1. The third-order valence-corrected chi connectivity index (χ3v) is 6.61. The van der Waals surface area contributed by atoms with E-state index in [1.165, 1.54) is 4.90 Å². The second-order valence-corrected chi connectivity index (χ2v) is 8.65. The lowest BCUT2D eigenvalue weighted by atomic mass is 9.76. The van der Waals surface area contributed by atoms with Crippen LogP contribution >= 0.6 is 11.6 Å². The van der Waals surface area contributed by atoms with Crippen LogP contribution in [0.4, 0.5) is 11.4 Å². The highest BCUT2D eigenvalue weighted by Gasteiger charge is 2.70. The Morgan fingerprint density at radius 3 is 2.38 bits per heavy atom. The number of halogens is 1. The summed E-state index contributed by atoms with van der Waals surface area (Å²) in [4.78, 5) is 41.5. The van der Waals surface area contributed by atoms with Crippen molar-refractivity contribution in [2.75, 3.05) is 10.2 Å². The highest BCUT2D eigenvalue weighted by molar-refractivity contribution is 6.31. The van der Waals surface area contributed by atoms with E-state index in [0.29, 0.717) is 16.4 Å². The summed E-state index contributed by atoms with van der Waals surface area (Å²) >= 11 is 5.97. The Morgan fingerprint density at radius 2 is 1.69 bits per heavy atom. The van der Waals surface area contributed by atoms with Crippen LogP contribution in [0.3, 0.4) is 0 Å². The molecule has 0 unspecified atom stereocenters. The third-order valence-electron chi connectivity index (χ3n) is 6.36. The van der Waals surface area contributed by atoms with Crippen molar-refractivity contribution in [3.63, 3.8) is 0 Å². The predicted molar refractivity (Wildman–Crippen MR) is 109 cm³/mol. The van der Waals surface area contributed by atoms with Crippen molar-refractivity contribution in [1.82, 2.24) is 5.32 Å². The molecule has 0 radical (unpaired) electrons. The first-order valence-corrected chi connectivity index (χ1v) is 10.1. The number of amides is 3. The monoisotopic (exact) mass is 409 g/mol. The summed E-state index contributed by atoms with van der Waals surface area (Å²) in [5.74, 6) is -2.27. The average molecular weight is 410 g/mol. The Morgan fingerprint density at radius 1 is 1.00 bits per heavy atom. The largest absolute Gasteiger partial charge is 0.324 e. The van der Waals surface area contributed by atoms with Gasteiger partial charge >= 0.3 is 0 Å². The lowest BCUT2D eigenvalue weighted by molar-refractivity contribution is -0.130. The van der Waals surface area contributed by atoms with Crippen LogP contribution in [0.1, 0.15) is 19.4 Å². The molecule has 7 heteroatoms. The number of carbonyl (C=O) groups is 3. The third kappa shape index (κ3) is 2.30.